The number of pyridine rings is 1. The molecule has 0 aliphatic carbocycles. The fourth-order valence-corrected chi connectivity index (χ4v) is 2.09. The minimum absolute atomic E-state index is 0.00961. The van der Waals surface area contributed by atoms with Gasteiger partial charge in [-0.05, 0) is 33.0 Å². The van der Waals surface area contributed by atoms with Crippen LogP contribution in [0.2, 0.25) is 5.15 Å². The van der Waals surface area contributed by atoms with Crippen molar-refractivity contribution in [2.45, 2.75) is 32.6 Å². The summed E-state index contributed by atoms with van der Waals surface area (Å²) in [5.74, 6) is 0.629. The molecule has 1 aromatic rings. The van der Waals surface area contributed by atoms with Gasteiger partial charge in [-0.25, -0.2) is 4.98 Å². The van der Waals surface area contributed by atoms with E-state index in [1.165, 1.54) is 0 Å². The Morgan fingerprint density at radius 1 is 1.56 bits per heavy atom. The number of nitrogens with zero attached hydrogens (tertiary/aromatic N) is 2. The van der Waals surface area contributed by atoms with E-state index in [1.807, 2.05) is 19.9 Å². The molecule has 0 radical (unpaired) electrons. The van der Waals surface area contributed by atoms with Crippen LogP contribution in [0.15, 0.2) is 12.1 Å². The van der Waals surface area contributed by atoms with Gasteiger partial charge in [0.1, 0.15) is 11.3 Å². The smallest absolute Gasteiger partial charge is 0.219 e. The standard InChI is InChI=1S/C13H19ClN2O2/c1-9(2)17-8-11-7-16(3)6-10-4-5-12(14)15-13(10)18-11/h4-5,9,11H,6-8H2,1-3H3. The SMILES string of the molecule is CC(C)OCC1CN(C)Cc2ccc(Cl)nc2O1. The molecule has 0 N–H and O–H groups in total. The fourth-order valence-electron chi connectivity index (χ4n) is 1.95. The molecule has 1 atom stereocenters. The van der Waals surface area contributed by atoms with E-state index in [0.717, 1.165) is 18.7 Å². The lowest BCUT2D eigenvalue weighted by Crippen LogP contribution is -2.34. The predicted octanol–water partition coefficient (Wildman–Crippen LogP) is 2.35. The minimum Gasteiger partial charge on any atom is -0.470 e. The summed E-state index contributed by atoms with van der Waals surface area (Å²) in [7, 11) is 2.06. The van der Waals surface area contributed by atoms with E-state index in [2.05, 4.69) is 16.9 Å². The first-order chi connectivity index (χ1) is 8.54. The van der Waals surface area contributed by atoms with Crippen LogP contribution in [0.4, 0.5) is 0 Å². The largest absolute Gasteiger partial charge is 0.470 e. The van der Waals surface area contributed by atoms with Crippen LogP contribution in [0.5, 0.6) is 5.88 Å². The number of hydrogen-bond donors (Lipinski definition) is 0. The van der Waals surface area contributed by atoms with Gasteiger partial charge in [-0.15, -0.1) is 0 Å². The third kappa shape index (κ3) is 3.57. The number of hydrogen-bond acceptors (Lipinski definition) is 4. The second-order valence-corrected chi connectivity index (χ2v) is 5.30. The number of rotatable bonds is 3. The van der Waals surface area contributed by atoms with Crippen LogP contribution in [0.1, 0.15) is 19.4 Å². The molecule has 0 amide bonds. The van der Waals surface area contributed by atoms with Gasteiger partial charge in [0.2, 0.25) is 5.88 Å². The molecule has 1 aliphatic rings. The Balaban J connectivity index is 2.12. The molecule has 100 valence electrons. The molecule has 1 aliphatic heterocycles. The van der Waals surface area contributed by atoms with Crippen molar-refractivity contribution in [1.29, 1.82) is 0 Å². The highest BCUT2D eigenvalue weighted by atomic mass is 35.5. The molecule has 1 aromatic heterocycles. The van der Waals surface area contributed by atoms with Gasteiger partial charge in [0.25, 0.3) is 0 Å². The summed E-state index contributed by atoms with van der Waals surface area (Å²) >= 11 is 5.91. The highest BCUT2D eigenvalue weighted by molar-refractivity contribution is 6.29. The number of likely N-dealkylation sites (N-methyl/N-ethyl adjacent to an activating group) is 1. The van der Waals surface area contributed by atoms with Crippen molar-refractivity contribution in [3.05, 3.63) is 22.8 Å². The number of fused-ring (bicyclic) bond motifs is 1. The van der Waals surface area contributed by atoms with E-state index in [9.17, 15) is 0 Å². The summed E-state index contributed by atoms with van der Waals surface area (Å²) in [4.78, 5) is 6.45. The first-order valence-corrected chi connectivity index (χ1v) is 6.54. The van der Waals surface area contributed by atoms with E-state index in [0.29, 0.717) is 17.6 Å². The maximum atomic E-state index is 5.91. The van der Waals surface area contributed by atoms with Crippen LogP contribution in [0, 0.1) is 0 Å². The van der Waals surface area contributed by atoms with Crippen molar-refractivity contribution in [2.75, 3.05) is 20.2 Å². The lowest BCUT2D eigenvalue weighted by Gasteiger charge is -2.20. The molecule has 0 saturated heterocycles. The van der Waals surface area contributed by atoms with Crippen LogP contribution >= 0.6 is 11.6 Å². The Labute approximate surface area is 113 Å². The highest BCUT2D eigenvalue weighted by Crippen LogP contribution is 2.24. The van der Waals surface area contributed by atoms with Crippen LogP contribution in [0.25, 0.3) is 0 Å². The van der Waals surface area contributed by atoms with E-state index in [1.54, 1.807) is 6.07 Å². The van der Waals surface area contributed by atoms with Crippen molar-refractivity contribution in [1.82, 2.24) is 9.88 Å². The maximum absolute atomic E-state index is 5.91. The molecule has 0 spiro atoms. The number of ether oxygens (including phenoxy) is 2. The Morgan fingerprint density at radius 2 is 2.33 bits per heavy atom. The first kappa shape index (κ1) is 13.6. The molecule has 4 nitrogen and oxygen atoms in total. The monoisotopic (exact) mass is 270 g/mol. The van der Waals surface area contributed by atoms with Gasteiger partial charge in [0, 0.05) is 18.7 Å². The summed E-state index contributed by atoms with van der Waals surface area (Å²) in [6, 6.07) is 3.76. The van der Waals surface area contributed by atoms with Gasteiger partial charge in [-0.2, -0.15) is 0 Å². The van der Waals surface area contributed by atoms with Crippen molar-refractivity contribution in [2.24, 2.45) is 0 Å². The Morgan fingerprint density at radius 3 is 3.06 bits per heavy atom. The Hall–Kier alpha value is -0.840. The topological polar surface area (TPSA) is 34.6 Å². The molecule has 2 heterocycles. The molecule has 1 unspecified atom stereocenters. The molecule has 18 heavy (non-hydrogen) atoms. The average molecular weight is 271 g/mol. The minimum atomic E-state index is -0.00961. The zero-order valence-corrected chi connectivity index (χ0v) is 11.8. The number of halogens is 1. The second-order valence-electron chi connectivity index (χ2n) is 4.92. The lowest BCUT2D eigenvalue weighted by molar-refractivity contribution is 0.00753. The molecular formula is C13H19ClN2O2. The van der Waals surface area contributed by atoms with E-state index >= 15 is 0 Å². The lowest BCUT2D eigenvalue weighted by atomic mass is 10.2. The molecule has 0 bridgehead atoms. The van der Waals surface area contributed by atoms with Gasteiger partial charge in [0.05, 0.1) is 12.7 Å². The van der Waals surface area contributed by atoms with E-state index < -0.39 is 0 Å². The summed E-state index contributed by atoms with van der Waals surface area (Å²) in [6.07, 6.45) is 0.193. The molecular weight excluding hydrogens is 252 g/mol. The molecule has 0 saturated carbocycles. The molecule has 2 rings (SSSR count). The Kier molecular flexibility index (Phi) is 4.43. The van der Waals surface area contributed by atoms with Gasteiger partial charge >= 0.3 is 0 Å². The highest BCUT2D eigenvalue weighted by Gasteiger charge is 2.22. The zero-order chi connectivity index (χ0) is 13.1. The molecule has 0 fully saturated rings. The van der Waals surface area contributed by atoms with Crippen molar-refractivity contribution >= 4 is 11.6 Å². The van der Waals surface area contributed by atoms with Crippen molar-refractivity contribution < 1.29 is 9.47 Å². The van der Waals surface area contributed by atoms with Crippen molar-refractivity contribution in [3.63, 3.8) is 0 Å². The summed E-state index contributed by atoms with van der Waals surface area (Å²) in [5, 5.41) is 0.460. The van der Waals surface area contributed by atoms with Gasteiger partial charge in [-0.3, -0.25) is 4.90 Å². The average Bonchev–Trinajstić information content (AvgIpc) is 2.44. The van der Waals surface area contributed by atoms with Gasteiger partial charge < -0.3 is 9.47 Å². The van der Waals surface area contributed by atoms with Crippen LogP contribution < -0.4 is 4.74 Å². The fraction of sp³-hybridized carbons (Fsp3) is 0.615. The normalized spacial score (nSPS) is 20.4. The van der Waals surface area contributed by atoms with Crippen LogP contribution in [-0.4, -0.2) is 42.3 Å². The molecule has 0 aromatic carbocycles. The summed E-state index contributed by atoms with van der Waals surface area (Å²) in [5.41, 5.74) is 1.06. The maximum Gasteiger partial charge on any atom is 0.219 e. The van der Waals surface area contributed by atoms with E-state index in [4.69, 9.17) is 21.1 Å². The third-order valence-corrected chi connectivity index (χ3v) is 2.96. The Bertz CT molecular complexity index is 412. The quantitative estimate of drug-likeness (QED) is 0.790. The summed E-state index contributed by atoms with van der Waals surface area (Å²) in [6.45, 7) is 6.24. The second kappa shape index (κ2) is 5.87. The van der Waals surface area contributed by atoms with Crippen LogP contribution in [-0.2, 0) is 11.3 Å². The van der Waals surface area contributed by atoms with Gasteiger partial charge in [-0.1, -0.05) is 11.6 Å². The summed E-state index contributed by atoms with van der Waals surface area (Å²) < 4.78 is 11.5. The first-order valence-electron chi connectivity index (χ1n) is 6.17. The zero-order valence-electron chi connectivity index (χ0n) is 11.0. The third-order valence-electron chi connectivity index (χ3n) is 2.75. The van der Waals surface area contributed by atoms with E-state index in [-0.39, 0.29) is 12.2 Å². The number of aromatic nitrogens is 1. The van der Waals surface area contributed by atoms with Crippen LogP contribution in [0.3, 0.4) is 0 Å². The van der Waals surface area contributed by atoms with Crippen molar-refractivity contribution in [3.8, 4) is 5.88 Å². The molecule has 5 heteroatoms. The van der Waals surface area contributed by atoms with Gasteiger partial charge in [0.15, 0.2) is 0 Å². The predicted molar refractivity (Wildman–Crippen MR) is 71.1 cm³/mol.